The number of allylic oxidation sites excluding steroid dienone is 1. The third kappa shape index (κ3) is 3.01. The molecule has 0 spiro atoms. The molecule has 0 saturated carbocycles. The van der Waals surface area contributed by atoms with Crippen LogP contribution in [0, 0.1) is 13.8 Å². The Labute approximate surface area is 144 Å². The van der Waals surface area contributed by atoms with Gasteiger partial charge in [-0.2, -0.15) is 0 Å². The second-order valence-corrected chi connectivity index (χ2v) is 7.45. The predicted molar refractivity (Wildman–Crippen MR) is 101 cm³/mol. The average Bonchev–Trinajstić information content (AvgIpc) is 2.49. The van der Waals surface area contributed by atoms with Gasteiger partial charge in [0, 0.05) is 16.7 Å². The van der Waals surface area contributed by atoms with Gasteiger partial charge in [0.1, 0.15) is 0 Å². The molecule has 3 rings (SSSR count). The number of fused-ring (bicyclic) bond motifs is 1. The second kappa shape index (κ2) is 5.94. The van der Waals surface area contributed by atoms with Gasteiger partial charge in [0.15, 0.2) is 5.78 Å². The lowest BCUT2D eigenvalue weighted by molar-refractivity contribution is -0.111. The molecule has 2 heteroatoms. The third-order valence-corrected chi connectivity index (χ3v) is 4.75. The largest absolute Gasteiger partial charge is 0.379 e. The van der Waals surface area contributed by atoms with E-state index in [-0.39, 0.29) is 11.3 Å². The molecule has 2 aromatic rings. The quantitative estimate of drug-likeness (QED) is 0.814. The van der Waals surface area contributed by atoms with Gasteiger partial charge in [-0.05, 0) is 69.4 Å². The monoisotopic (exact) mass is 319 g/mol. The van der Waals surface area contributed by atoms with Crippen LogP contribution in [0.3, 0.4) is 0 Å². The minimum atomic E-state index is -0.0838. The number of rotatable bonds is 2. The van der Waals surface area contributed by atoms with Gasteiger partial charge >= 0.3 is 0 Å². The molecule has 2 aromatic carbocycles. The van der Waals surface area contributed by atoms with Gasteiger partial charge in [-0.15, -0.1) is 0 Å². The number of carbonyl (C=O) groups excluding carboxylic acids is 1. The Bertz CT molecular complexity index is 829. The van der Waals surface area contributed by atoms with Crippen LogP contribution in [0.15, 0.2) is 42.5 Å². The fourth-order valence-electron chi connectivity index (χ4n) is 3.51. The molecule has 2 nitrogen and oxygen atoms in total. The summed E-state index contributed by atoms with van der Waals surface area (Å²) in [7, 11) is 0. The number of ketones is 1. The number of carbonyl (C=O) groups is 1. The maximum Gasteiger partial charge on any atom is 0.162 e. The van der Waals surface area contributed by atoms with Crippen molar-refractivity contribution in [1.29, 1.82) is 0 Å². The standard InChI is InChI=1S/C22H25NO/c1-14-11-18-13-22(4,5)23-21(19(18)12-15(14)2)20(16(3)24)17-9-7-6-8-10-17/h6-12,23H,13H2,1-5H3. The summed E-state index contributed by atoms with van der Waals surface area (Å²) in [5.41, 5.74) is 7.64. The lowest BCUT2D eigenvalue weighted by Gasteiger charge is -2.37. The summed E-state index contributed by atoms with van der Waals surface area (Å²) in [6.07, 6.45) is 0.951. The molecule has 0 bridgehead atoms. The predicted octanol–water partition coefficient (Wildman–Crippen LogP) is 4.69. The average molecular weight is 319 g/mol. The van der Waals surface area contributed by atoms with Crippen molar-refractivity contribution in [3.05, 3.63) is 70.3 Å². The van der Waals surface area contributed by atoms with Crippen molar-refractivity contribution >= 4 is 17.1 Å². The van der Waals surface area contributed by atoms with Gasteiger partial charge in [-0.3, -0.25) is 4.79 Å². The van der Waals surface area contributed by atoms with E-state index in [1.54, 1.807) is 6.92 Å². The molecule has 0 fully saturated rings. The maximum absolute atomic E-state index is 12.5. The first kappa shape index (κ1) is 16.5. The van der Waals surface area contributed by atoms with E-state index >= 15 is 0 Å². The smallest absolute Gasteiger partial charge is 0.162 e. The number of nitrogens with one attached hydrogen (secondary N) is 1. The fraction of sp³-hybridized carbons (Fsp3) is 0.318. The van der Waals surface area contributed by atoms with Crippen LogP contribution in [0.4, 0.5) is 0 Å². The fourth-order valence-corrected chi connectivity index (χ4v) is 3.51. The first-order chi connectivity index (χ1) is 11.3. The van der Waals surface area contributed by atoms with Crippen molar-refractivity contribution in [3.8, 4) is 0 Å². The Morgan fingerprint density at radius 3 is 2.29 bits per heavy atom. The SMILES string of the molecule is CC(=O)C(=C1NC(C)(C)Cc2cc(C)c(C)cc21)c1ccccc1. The molecule has 1 aliphatic heterocycles. The van der Waals surface area contributed by atoms with Gasteiger partial charge in [-0.25, -0.2) is 0 Å². The van der Waals surface area contributed by atoms with Crippen LogP contribution in [-0.4, -0.2) is 11.3 Å². The van der Waals surface area contributed by atoms with E-state index in [0.29, 0.717) is 0 Å². The van der Waals surface area contributed by atoms with Crippen molar-refractivity contribution in [2.75, 3.05) is 0 Å². The first-order valence-corrected chi connectivity index (χ1v) is 8.48. The molecule has 0 amide bonds. The van der Waals surface area contributed by atoms with Crippen LogP contribution < -0.4 is 5.32 Å². The molecular weight excluding hydrogens is 294 g/mol. The summed E-state index contributed by atoms with van der Waals surface area (Å²) in [5, 5.41) is 3.63. The number of Topliss-reactive ketones (excluding diaryl/α,β-unsaturated/α-hetero) is 1. The van der Waals surface area contributed by atoms with Crippen LogP contribution in [0.2, 0.25) is 0 Å². The minimum Gasteiger partial charge on any atom is -0.379 e. The molecule has 0 aliphatic carbocycles. The van der Waals surface area contributed by atoms with E-state index in [1.165, 1.54) is 16.7 Å². The molecule has 1 aliphatic rings. The molecule has 0 atom stereocenters. The van der Waals surface area contributed by atoms with Crippen LogP contribution in [0.5, 0.6) is 0 Å². The number of benzene rings is 2. The Kier molecular flexibility index (Phi) is 4.08. The van der Waals surface area contributed by atoms with Crippen LogP contribution in [-0.2, 0) is 11.2 Å². The topological polar surface area (TPSA) is 29.1 Å². The molecule has 0 aromatic heterocycles. The molecule has 1 N–H and O–H groups in total. The van der Waals surface area contributed by atoms with E-state index < -0.39 is 0 Å². The van der Waals surface area contributed by atoms with E-state index in [2.05, 4.69) is 45.1 Å². The van der Waals surface area contributed by atoms with Crippen molar-refractivity contribution in [2.24, 2.45) is 0 Å². The summed E-state index contributed by atoms with van der Waals surface area (Å²) in [6, 6.07) is 14.4. The number of hydrogen-bond acceptors (Lipinski definition) is 2. The summed E-state index contributed by atoms with van der Waals surface area (Å²) in [6.45, 7) is 10.3. The number of hydrogen-bond donors (Lipinski definition) is 1. The van der Waals surface area contributed by atoms with E-state index in [0.717, 1.165) is 28.8 Å². The second-order valence-electron chi connectivity index (χ2n) is 7.45. The lowest BCUT2D eigenvalue weighted by Crippen LogP contribution is -2.44. The highest BCUT2D eigenvalue weighted by atomic mass is 16.1. The normalized spacial score (nSPS) is 17.7. The van der Waals surface area contributed by atoms with Gasteiger partial charge < -0.3 is 5.32 Å². The van der Waals surface area contributed by atoms with E-state index in [9.17, 15) is 4.79 Å². The van der Waals surface area contributed by atoms with Crippen molar-refractivity contribution in [3.63, 3.8) is 0 Å². The van der Waals surface area contributed by atoms with Gasteiger partial charge in [0.25, 0.3) is 0 Å². The summed E-state index contributed by atoms with van der Waals surface area (Å²) < 4.78 is 0. The van der Waals surface area contributed by atoms with Crippen LogP contribution in [0.1, 0.15) is 48.6 Å². The number of aryl methyl sites for hydroxylation is 2. The highest BCUT2D eigenvalue weighted by Gasteiger charge is 2.31. The highest BCUT2D eigenvalue weighted by molar-refractivity contribution is 6.27. The van der Waals surface area contributed by atoms with Gasteiger partial charge in [0.05, 0.1) is 5.70 Å². The highest BCUT2D eigenvalue weighted by Crippen LogP contribution is 2.36. The zero-order valence-corrected chi connectivity index (χ0v) is 15.2. The Morgan fingerprint density at radius 2 is 1.67 bits per heavy atom. The zero-order valence-electron chi connectivity index (χ0n) is 15.2. The van der Waals surface area contributed by atoms with E-state index in [1.807, 2.05) is 30.3 Å². The first-order valence-electron chi connectivity index (χ1n) is 8.48. The molecule has 0 saturated heterocycles. The molecule has 124 valence electrons. The van der Waals surface area contributed by atoms with Crippen LogP contribution in [0.25, 0.3) is 11.3 Å². The molecule has 1 heterocycles. The molecular formula is C22H25NO. The lowest BCUT2D eigenvalue weighted by atomic mass is 9.81. The Morgan fingerprint density at radius 1 is 1.04 bits per heavy atom. The van der Waals surface area contributed by atoms with Crippen LogP contribution >= 0.6 is 0 Å². The summed E-state index contributed by atoms with van der Waals surface area (Å²) in [5.74, 6) is 0.0885. The maximum atomic E-state index is 12.5. The van der Waals surface area contributed by atoms with Crippen molar-refractivity contribution in [2.45, 2.75) is 46.6 Å². The zero-order chi connectivity index (χ0) is 17.5. The summed E-state index contributed by atoms with van der Waals surface area (Å²) in [4.78, 5) is 12.5. The van der Waals surface area contributed by atoms with Gasteiger partial charge in [0.2, 0.25) is 0 Å². The van der Waals surface area contributed by atoms with E-state index in [4.69, 9.17) is 0 Å². The third-order valence-electron chi connectivity index (χ3n) is 4.75. The summed E-state index contributed by atoms with van der Waals surface area (Å²) >= 11 is 0. The Balaban J connectivity index is 2.33. The Hall–Kier alpha value is -2.35. The van der Waals surface area contributed by atoms with Crippen molar-refractivity contribution < 1.29 is 4.79 Å². The minimum absolute atomic E-state index is 0.0838. The molecule has 24 heavy (non-hydrogen) atoms. The molecule has 0 unspecified atom stereocenters. The molecule has 0 radical (unpaired) electrons. The van der Waals surface area contributed by atoms with Gasteiger partial charge in [-0.1, -0.05) is 36.4 Å². The van der Waals surface area contributed by atoms with Crippen molar-refractivity contribution in [1.82, 2.24) is 5.32 Å².